The highest BCUT2D eigenvalue weighted by atomic mass is 35.5. The molecule has 1 heterocycles. The first-order valence-electron chi connectivity index (χ1n) is 9.02. The van der Waals surface area contributed by atoms with Crippen LogP contribution in [-0.4, -0.2) is 29.8 Å². The van der Waals surface area contributed by atoms with Crippen LogP contribution in [0.2, 0.25) is 5.02 Å². The Balaban J connectivity index is 1.66. The number of piperidine rings is 1. The SMILES string of the molecule is CCc1ccccc1NC(=O)C1CCCN(C(=O)c2ccc(Cl)cc2)C1. The van der Waals surface area contributed by atoms with Crippen LogP contribution in [0.25, 0.3) is 0 Å². The van der Waals surface area contributed by atoms with E-state index >= 15 is 0 Å². The van der Waals surface area contributed by atoms with Gasteiger partial charge in [0, 0.05) is 29.4 Å². The quantitative estimate of drug-likeness (QED) is 0.867. The zero-order valence-corrected chi connectivity index (χ0v) is 15.6. The summed E-state index contributed by atoms with van der Waals surface area (Å²) in [5, 5.41) is 3.65. The highest BCUT2D eigenvalue weighted by Gasteiger charge is 2.29. The van der Waals surface area contributed by atoms with E-state index in [1.165, 1.54) is 0 Å². The lowest BCUT2D eigenvalue weighted by atomic mass is 9.96. The van der Waals surface area contributed by atoms with Gasteiger partial charge >= 0.3 is 0 Å². The molecule has 1 saturated heterocycles. The maximum atomic E-state index is 12.7. The Morgan fingerprint density at radius 3 is 2.62 bits per heavy atom. The van der Waals surface area contributed by atoms with Crippen molar-refractivity contribution in [2.45, 2.75) is 26.2 Å². The molecule has 0 saturated carbocycles. The normalized spacial score (nSPS) is 17.0. The fourth-order valence-electron chi connectivity index (χ4n) is 3.34. The summed E-state index contributed by atoms with van der Waals surface area (Å²) in [4.78, 5) is 27.2. The highest BCUT2D eigenvalue weighted by molar-refractivity contribution is 6.30. The highest BCUT2D eigenvalue weighted by Crippen LogP contribution is 2.22. The molecule has 1 atom stereocenters. The number of hydrogen-bond donors (Lipinski definition) is 1. The van der Waals surface area contributed by atoms with Gasteiger partial charge in [0.1, 0.15) is 0 Å². The molecule has 136 valence electrons. The molecule has 1 unspecified atom stereocenters. The molecule has 5 heteroatoms. The topological polar surface area (TPSA) is 49.4 Å². The van der Waals surface area contributed by atoms with Crippen LogP contribution in [0.5, 0.6) is 0 Å². The number of nitrogens with zero attached hydrogens (tertiary/aromatic N) is 1. The molecule has 1 aliphatic rings. The molecule has 0 aliphatic carbocycles. The molecule has 1 aliphatic heterocycles. The third kappa shape index (κ3) is 4.25. The predicted molar refractivity (Wildman–Crippen MR) is 105 cm³/mol. The minimum atomic E-state index is -0.190. The second kappa shape index (κ2) is 8.37. The Hall–Kier alpha value is -2.33. The number of nitrogens with one attached hydrogen (secondary N) is 1. The van der Waals surface area contributed by atoms with E-state index in [0.29, 0.717) is 23.7 Å². The van der Waals surface area contributed by atoms with Crippen molar-refractivity contribution in [1.29, 1.82) is 0 Å². The van der Waals surface area contributed by atoms with Gasteiger partial charge in [-0.2, -0.15) is 0 Å². The Labute approximate surface area is 159 Å². The average molecular weight is 371 g/mol. The Kier molecular flexibility index (Phi) is 5.94. The van der Waals surface area contributed by atoms with Gasteiger partial charge in [-0.25, -0.2) is 0 Å². The zero-order valence-electron chi connectivity index (χ0n) is 14.9. The van der Waals surface area contributed by atoms with E-state index in [1.807, 2.05) is 24.3 Å². The van der Waals surface area contributed by atoms with Crippen LogP contribution in [0.1, 0.15) is 35.7 Å². The molecule has 0 radical (unpaired) electrons. The van der Waals surface area contributed by atoms with Crippen LogP contribution < -0.4 is 5.32 Å². The van der Waals surface area contributed by atoms with Crippen molar-refractivity contribution in [1.82, 2.24) is 4.90 Å². The lowest BCUT2D eigenvalue weighted by molar-refractivity contribution is -0.121. The molecule has 4 nitrogen and oxygen atoms in total. The number of rotatable bonds is 4. The number of likely N-dealkylation sites (tertiary alicyclic amines) is 1. The van der Waals surface area contributed by atoms with Gasteiger partial charge in [-0.15, -0.1) is 0 Å². The fourth-order valence-corrected chi connectivity index (χ4v) is 3.46. The second-order valence-electron chi connectivity index (χ2n) is 6.60. The summed E-state index contributed by atoms with van der Waals surface area (Å²) in [5.74, 6) is -0.252. The minimum absolute atomic E-state index is 0.0143. The summed E-state index contributed by atoms with van der Waals surface area (Å²) in [6.07, 6.45) is 2.49. The summed E-state index contributed by atoms with van der Waals surface area (Å²) in [5.41, 5.74) is 2.58. The van der Waals surface area contributed by atoms with Gasteiger partial charge in [0.25, 0.3) is 5.91 Å². The van der Waals surface area contributed by atoms with Crippen LogP contribution in [-0.2, 0) is 11.2 Å². The molecule has 0 aromatic heterocycles. The molecule has 3 rings (SSSR count). The van der Waals surface area contributed by atoms with E-state index in [1.54, 1.807) is 29.2 Å². The minimum Gasteiger partial charge on any atom is -0.338 e. The van der Waals surface area contributed by atoms with Crippen molar-refractivity contribution in [3.8, 4) is 0 Å². The van der Waals surface area contributed by atoms with Gasteiger partial charge in [-0.05, 0) is 55.2 Å². The summed E-state index contributed by atoms with van der Waals surface area (Å²) < 4.78 is 0. The number of benzene rings is 2. The predicted octanol–water partition coefficient (Wildman–Crippen LogP) is 4.39. The van der Waals surface area contributed by atoms with E-state index < -0.39 is 0 Å². The van der Waals surface area contributed by atoms with Gasteiger partial charge in [-0.3, -0.25) is 9.59 Å². The Bertz CT molecular complexity index is 789. The molecular weight excluding hydrogens is 348 g/mol. The standard InChI is InChI=1S/C21H23ClN2O2/c1-2-15-6-3-4-8-19(15)23-20(25)17-7-5-13-24(14-17)21(26)16-9-11-18(22)12-10-16/h3-4,6,8-12,17H,2,5,7,13-14H2,1H3,(H,23,25). The third-order valence-corrected chi connectivity index (χ3v) is 5.08. The van der Waals surface area contributed by atoms with E-state index in [0.717, 1.165) is 30.5 Å². The Morgan fingerprint density at radius 2 is 1.88 bits per heavy atom. The van der Waals surface area contributed by atoms with Crippen molar-refractivity contribution >= 4 is 29.1 Å². The van der Waals surface area contributed by atoms with Crippen LogP contribution in [0, 0.1) is 5.92 Å². The van der Waals surface area contributed by atoms with Crippen molar-refractivity contribution in [2.24, 2.45) is 5.92 Å². The molecule has 2 amide bonds. The van der Waals surface area contributed by atoms with Crippen LogP contribution in [0.4, 0.5) is 5.69 Å². The Morgan fingerprint density at radius 1 is 1.15 bits per heavy atom. The summed E-state index contributed by atoms with van der Waals surface area (Å²) >= 11 is 5.89. The lowest BCUT2D eigenvalue weighted by Crippen LogP contribution is -2.43. The molecule has 0 bridgehead atoms. The monoisotopic (exact) mass is 370 g/mol. The summed E-state index contributed by atoms with van der Waals surface area (Å²) in [6.45, 7) is 3.19. The third-order valence-electron chi connectivity index (χ3n) is 4.83. The number of halogens is 1. The first-order chi connectivity index (χ1) is 12.6. The number of carbonyl (C=O) groups is 2. The van der Waals surface area contributed by atoms with Gasteiger partial charge in [0.05, 0.1) is 5.92 Å². The molecule has 26 heavy (non-hydrogen) atoms. The van der Waals surface area contributed by atoms with Gasteiger partial charge < -0.3 is 10.2 Å². The van der Waals surface area contributed by atoms with Crippen LogP contribution in [0.15, 0.2) is 48.5 Å². The van der Waals surface area contributed by atoms with E-state index in [-0.39, 0.29) is 17.7 Å². The summed E-state index contributed by atoms with van der Waals surface area (Å²) in [6, 6.07) is 14.7. The average Bonchev–Trinajstić information content (AvgIpc) is 2.68. The van der Waals surface area contributed by atoms with Crippen molar-refractivity contribution in [3.63, 3.8) is 0 Å². The van der Waals surface area contributed by atoms with Gasteiger partial charge in [-0.1, -0.05) is 36.7 Å². The van der Waals surface area contributed by atoms with Crippen molar-refractivity contribution in [2.75, 3.05) is 18.4 Å². The molecule has 2 aromatic rings. The van der Waals surface area contributed by atoms with Gasteiger partial charge in [0.2, 0.25) is 5.91 Å². The number of anilines is 1. The second-order valence-corrected chi connectivity index (χ2v) is 7.03. The van der Waals surface area contributed by atoms with E-state index in [4.69, 9.17) is 11.6 Å². The first-order valence-corrected chi connectivity index (χ1v) is 9.40. The number of carbonyl (C=O) groups excluding carboxylic acids is 2. The molecule has 0 spiro atoms. The van der Waals surface area contributed by atoms with Gasteiger partial charge in [0.15, 0.2) is 0 Å². The maximum absolute atomic E-state index is 12.7. The summed E-state index contributed by atoms with van der Waals surface area (Å²) in [7, 11) is 0. The van der Waals surface area contributed by atoms with Crippen LogP contribution >= 0.6 is 11.6 Å². The molecule has 1 fully saturated rings. The van der Waals surface area contributed by atoms with Crippen LogP contribution in [0.3, 0.4) is 0 Å². The number of para-hydroxylation sites is 1. The van der Waals surface area contributed by atoms with E-state index in [9.17, 15) is 9.59 Å². The van der Waals surface area contributed by atoms with Crippen molar-refractivity contribution in [3.05, 3.63) is 64.7 Å². The maximum Gasteiger partial charge on any atom is 0.253 e. The smallest absolute Gasteiger partial charge is 0.253 e. The molecule has 1 N–H and O–H groups in total. The number of hydrogen-bond acceptors (Lipinski definition) is 2. The molecule has 2 aromatic carbocycles. The van der Waals surface area contributed by atoms with Crippen molar-refractivity contribution < 1.29 is 9.59 Å². The molecular formula is C21H23ClN2O2. The fraction of sp³-hybridized carbons (Fsp3) is 0.333. The zero-order chi connectivity index (χ0) is 18.5. The lowest BCUT2D eigenvalue weighted by Gasteiger charge is -2.32. The largest absolute Gasteiger partial charge is 0.338 e. The number of aryl methyl sites for hydroxylation is 1. The first kappa shape index (κ1) is 18.5. The van der Waals surface area contributed by atoms with E-state index in [2.05, 4.69) is 12.2 Å². The number of amides is 2.